The summed E-state index contributed by atoms with van der Waals surface area (Å²) in [6, 6.07) is 26.1. The molecule has 0 saturated heterocycles. The fourth-order valence-corrected chi connectivity index (χ4v) is 4.48. The van der Waals surface area contributed by atoms with Gasteiger partial charge in [0.25, 0.3) is 5.91 Å². The Hall–Kier alpha value is -3.43. The van der Waals surface area contributed by atoms with Crippen molar-refractivity contribution in [2.24, 2.45) is 0 Å². The van der Waals surface area contributed by atoms with Crippen LogP contribution >= 0.6 is 15.9 Å². The Morgan fingerprint density at radius 3 is 2.42 bits per heavy atom. The topological polar surface area (TPSA) is 29.1 Å². The summed E-state index contributed by atoms with van der Waals surface area (Å²) in [7, 11) is 0. The number of para-hydroxylation sites is 1. The number of fused-ring (bicyclic) bond motifs is 3. The lowest BCUT2D eigenvalue weighted by Crippen LogP contribution is -2.12. The first-order chi connectivity index (χ1) is 15.2. The van der Waals surface area contributed by atoms with Gasteiger partial charge in [0, 0.05) is 21.3 Å². The van der Waals surface area contributed by atoms with Gasteiger partial charge in [-0.3, -0.25) is 4.79 Å². The Morgan fingerprint density at radius 2 is 1.55 bits per heavy atom. The zero-order valence-electron chi connectivity index (χ0n) is 16.8. The highest BCUT2D eigenvalue weighted by atomic mass is 79.9. The molecular formula is C28H20BrNO. The Labute approximate surface area is 190 Å². The van der Waals surface area contributed by atoms with Crippen molar-refractivity contribution in [1.82, 2.24) is 0 Å². The third kappa shape index (κ3) is 3.85. The molecule has 0 spiro atoms. The van der Waals surface area contributed by atoms with Crippen molar-refractivity contribution in [3.05, 3.63) is 112 Å². The van der Waals surface area contributed by atoms with Crippen molar-refractivity contribution in [3.63, 3.8) is 0 Å². The molecule has 2 nitrogen and oxygen atoms in total. The van der Waals surface area contributed by atoms with E-state index in [2.05, 4.69) is 81.9 Å². The average molecular weight is 466 g/mol. The highest BCUT2D eigenvalue weighted by molar-refractivity contribution is 9.10. The van der Waals surface area contributed by atoms with Crippen LogP contribution in [0.2, 0.25) is 0 Å². The molecular weight excluding hydrogens is 446 g/mol. The quantitative estimate of drug-likeness (QED) is 0.326. The highest BCUT2D eigenvalue weighted by Gasteiger charge is 2.15. The number of hydrogen-bond donors (Lipinski definition) is 1. The van der Waals surface area contributed by atoms with Crippen LogP contribution in [-0.2, 0) is 0 Å². The molecule has 3 heteroatoms. The van der Waals surface area contributed by atoms with Crippen molar-refractivity contribution >= 4 is 50.4 Å². The Morgan fingerprint density at radius 1 is 0.774 bits per heavy atom. The summed E-state index contributed by atoms with van der Waals surface area (Å²) in [6.07, 6.45) is 9.70. The molecule has 1 aliphatic carbocycles. The molecule has 0 aromatic heterocycles. The van der Waals surface area contributed by atoms with Crippen molar-refractivity contribution in [2.75, 3.05) is 5.32 Å². The van der Waals surface area contributed by atoms with E-state index in [9.17, 15) is 4.79 Å². The molecule has 0 radical (unpaired) electrons. The van der Waals surface area contributed by atoms with Gasteiger partial charge in [0.2, 0.25) is 0 Å². The molecule has 1 aliphatic rings. The second-order valence-corrected chi connectivity index (χ2v) is 8.44. The predicted octanol–water partition coefficient (Wildman–Crippen LogP) is 7.95. The fraction of sp³-hybridized carbons (Fsp3) is 0.0357. The van der Waals surface area contributed by atoms with Gasteiger partial charge in [-0.1, -0.05) is 88.8 Å². The Bertz CT molecular complexity index is 1370. The second kappa shape index (κ2) is 8.37. The second-order valence-electron chi connectivity index (χ2n) is 7.52. The van der Waals surface area contributed by atoms with Crippen molar-refractivity contribution in [3.8, 4) is 11.1 Å². The van der Waals surface area contributed by atoms with E-state index in [0.717, 1.165) is 27.7 Å². The summed E-state index contributed by atoms with van der Waals surface area (Å²) in [4.78, 5) is 12.9. The molecule has 0 heterocycles. The zero-order chi connectivity index (χ0) is 21.2. The number of benzene rings is 4. The maximum Gasteiger partial charge on any atom is 0.255 e. The number of allylic oxidation sites excluding steroid dienone is 2. The maximum absolute atomic E-state index is 12.9. The standard InChI is InChI=1S/C28H20BrNO/c29-21-11-8-10-20(17-21)28(31)30-27-16-7-6-15-25(27)26-18-19-9-2-1-3-12-22(19)23-13-4-5-14-24(23)26/h2-18H,1H2,(H,30,31). The van der Waals surface area contributed by atoms with E-state index in [4.69, 9.17) is 0 Å². The van der Waals surface area contributed by atoms with Crippen LogP contribution in [0.5, 0.6) is 0 Å². The molecule has 1 N–H and O–H groups in total. The van der Waals surface area contributed by atoms with Gasteiger partial charge in [-0.15, -0.1) is 0 Å². The largest absolute Gasteiger partial charge is 0.321 e. The molecule has 0 bridgehead atoms. The molecule has 0 saturated carbocycles. The number of nitrogens with one attached hydrogen (secondary N) is 1. The van der Waals surface area contributed by atoms with Crippen LogP contribution in [-0.4, -0.2) is 5.91 Å². The SMILES string of the molecule is O=C(Nc1ccccc1-c1cc2c(c3ccccc13)C=CCC=C2)c1cccc(Br)c1. The van der Waals surface area contributed by atoms with Gasteiger partial charge in [-0.25, -0.2) is 0 Å². The van der Waals surface area contributed by atoms with Crippen molar-refractivity contribution in [1.29, 1.82) is 0 Å². The molecule has 0 unspecified atom stereocenters. The first kappa shape index (κ1) is 19.5. The number of halogens is 1. The fourth-order valence-electron chi connectivity index (χ4n) is 4.08. The van der Waals surface area contributed by atoms with Gasteiger partial charge < -0.3 is 5.32 Å². The minimum Gasteiger partial charge on any atom is -0.321 e. The molecule has 4 aromatic rings. The molecule has 0 atom stereocenters. The summed E-state index contributed by atoms with van der Waals surface area (Å²) in [5.74, 6) is -0.129. The van der Waals surface area contributed by atoms with Crippen LogP contribution in [0.4, 0.5) is 5.69 Å². The van der Waals surface area contributed by atoms with E-state index in [1.165, 1.54) is 21.9 Å². The summed E-state index contributed by atoms with van der Waals surface area (Å²) < 4.78 is 0.880. The van der Waals surface area contributed by atoms with E-state index in [1.54, 1.807) is 0 Å². The van der Waals surface area contributed by atoms with E-state index in [-0.39, 0.29) is 5.91 Å². The monoisotopic (exact) mass is 465 g/mol. The molecule has 1 amide bonds. The van der Waals surface area contributed by atoms with E-state index in [0.29, 0.717) is 5.56 Å². The van der Waals surface area contributed by atoms with Gasteiger partial charge in [0.05, 0.1) is 0 Å². The third-order valence-electron chi connectivity index (χ3n) is 5.52. The van der Waals surface area contributed by atoms with Gasteiger partial charge in [0.1, 0.15) is 0 Å². The van der Waals surface area contributed by atoms with Crippen LogP contribution in [0.1, 0.15) is 27.9 Å². The Balaban J connectivity index is 1.66. The number of carbonyl (C=O) groups is 1. The molecule has 0 fully saturated rings. The van der Waals surface area contributed by atoms with Gasteiger partial charge in [-0.2, -0.15) is 0 Å². The van der Waals surface area contributed by atoms with Crippen molar-refractivity contribution in [2.45, 2.75) is 6.42 Å². The first-order valence-corrected chi connectivity index (χ1v) is 11.1. The van der Waals surface area contributed by atoms with Crippen LogP contribution in [0, 0.1) is 0 Å². The van der Waals surface area contributed by atoms with Crippen molar-refractivity contribution < 1.29 is 4.79 Å². The molecule has 150 valence electrons. The summed E-state index contributed by atoms with van der Waals surface area (Å²) >= 11 is 3.44. The lowest BCUT2D eigenvalue weighted by atomic mass is 9.90. The molecule has 5 rings (SSSR count). The smallest absolute Gasteiger partial charge is 0.255 e. The number of carbonyl (C=O) groups excluding carboxylic acids is 1. The van der Waals surface area contributed by atoms with Gasteiger partial charge in [-0.05, 0) is 64.2 Å². The maximum atomic E-state index is 12.9. The van der Waals surface area contributed by atoms with Gasteiger partial charge >= 0.3 is 0 Å². The lowest BCUT2D eigenvalue weighted by molar-refractivity contribution is 0.102. The summed E-state index contributed by atoms with van der Waals surface area (Å²) in [6.45, 7) is 0. The minimum atomic E-state index is -0.129. The normalized spacial score (nSPS) is 12.4. The average Bonchev–Trinajstić information content (AvgIpc) is 3.05. The van der Waals surface area contributed by atoms with E-state index in [1.807, 2.05) is 42.5 Å². The Kier molecular flexibility index (Phi) is 5.27. The zero-order valence-corrected chi connectivity index (χ0v) is 18.4. The van der Waals surface area contributed by atoms with Crippen LogP contribution in [0.15, 0.2) is 95.5 Å². The highest BCUT2D eigenvalue weighted by Crippen LogP contribution is 2.38. The first-order valence-electron chi connectivity index (χ1n) is 10.3. The van der Waals surface area contributed by atoms with Crippen LogP contribution < -0.4 is 5.32 Å². The van der Waals surface area contributed by atoms with Gasteiger partial charge in [0.15, 0.2) is 0 Å². The lowest BCUT2D eigenvalue weighted by Gasteiger charge is -2.16. The summed E-state index contributed by atoms with van der Waals surface area (Å²) in [5, 5.41) is 5.50. The van der Waals surface area contributed by atoms with Crippen LogP contribution in [0.3, 0.4) is 0 Å². The minimum absolute atomic E-state index is 0.129. The van der Waals surface area contributed by atoms with E-state index >= 15 is 0 Å². The molecule has 0 aliphatic heterocycles. The molecule has 4 aromatic carbocycles. The van der Waals surface area contributed by atoms with Crippen LogP contribution in [0.25, 0.3) is 34.1 Å². The number of anilines is 1. The predicted molar refractivity (Wildman–Crippen MR) is 134 cm³/mol. The third-order valence-corrected chi connectivity index (χ3v) is 6.02. The van der Waals surface area contributed by atoms with E-state index < -0.39 is 0 Å². The summed E-state index contributed by atoms with van der Waals surface area (Å²) in [5.41, 5.74) is 5.96. The number of amides is 1. The number of rotatable bonds is 3. The molecule has 31 heavy (non-hydrogen) atoms. The number of hydrogen-bond acceptors (Lipinski definition) is 1.